The van der Waals surface area contributed by atoms with Crippen molar-refractivity contribution in [3.05, 3.63) is 172 Å². The van der Waals surface area contributed by atoms with Crippen molar-refractivity contribution in [2.75, 3.05) is 4.90 Å². The summed E-state index contributed by atoms with van der Waals surface area (Å²) in [5.41, 5.74) is 8.89. The molecule has 55 heavy (non-hydrogen) atoms. The van der Waals surface area contributed by atoms with E-state index in [1.807, 2.05) is 58.3 Å². The third-order valence-corrected chi connectivity index (χ3v) is 13.2. The van der Waals surface area contributed by atoms with Gasteiger partial charge in [-0.05, 0) is 107 Å². The van der Waals surface area contributed by atoms with Crippen molar-refractivity contribution in [2.24, 2.45) is 0 Å². The topological polar surface area (TPSA) is 42.2 Å². The van der Waals surface area contributed by atoms with E-state index >= 15 is 0 Å². The second-order valence-electron chi connectivity index (χ2n) is 14.4. The Kier molecular flexibility index (Phi) is 9.36. The summed E-state index contributed by atoms with van der Waals surface area (Å²) in [5, 5.41) is 8.63. The Hall–Kier alpha value is -5.86. The van der Waals surface area contributed by atoms with Crippen LogP contribution in [0, 0.1) is 0 Å². The van der Waals surface area contributed by atoms with E-state index in [1.54, 1.807) is 0 Å². The van der Waals surface area contributed by atoms with E-state index in [2.05, 4.69) is 181 Å². The van der Waals surface area contributed by atoms with Crippen molar-refractivity contribution in [2.45, 2.75) is 26.2 Å². The van der Waals surface area contributed by atoms with E-state index in [-0.39, 0.29) is 5.41 Å². The van der Waals surface area contributed by atoms with Crippen LogP contribution in [0.4, 0.5) is 17.1 Å². The summed E-state index contributed by atoms with van der Waals surface area (Å²) in [7, 11) is 0. The number of thiophene rings is 3. The smallest absolute Gasteiger partial charge is 0.248 e. The molecule has 0 amide bonds. The van der Waals surface area contributed by atoms with Crippen LogP contribution in [0.1, 0.15) is 47.2 Å². The molecule has 0 bridgehead atoms. The maximum absolute atomic E-state index is 6.05. The molecule has 7 heteroatoms. The standard InChI is InChI=1S/C48H37N3OS3/c1-48(2,3)36-24-22-35(23-25-36)47-50-49-46(52-47)34-20-14-32(15-21-34)18-28-40-30-42-44(53-40)45-43(55-42)31-41(54-45)29-19-33-16-26-39(27-17-33)51(37-10-6-4-7-11-37)38-12-8-5-9-13-38/h4-31H,1-3H3. The largest absolute Gasteiger partial charge is 0.416 e. The summed E-state index contributed by atoms with van der Waals surface area (Å²) in [4.78, 5) is 4.80. The quantitative estimate of drug-likeness (QED) is 0.147. The highest BCUT2D eigenvalue weighted by molar-refractivity contribution is 7.38. The minimum absolute atomic E-state index is 0.0966. The van der Waals surface area contributed by atoms with E-state index in [0.29, 0.717) is 11.8 Å². The van der Waals surface area contributed by atoms with Gasteiger partial charge >= 0.3 is 0 Å². The number of rotatable bonds is 9. The normalized spacial score (nSPS) is 12.1. The molecule has 9 rings (SSSR count). The highest BCUT2D eigenvalue weighted by Gasteiger charge is 2.16. The first kappa shape index (κ1) is 34.9. The molecule has 4 heterocycles. The third kappa shape index (κ3) is 7.47. The summed E-state index contributed by atoms with van der Waals surface area (Å²) in [6.07, 6.45) is 8.82. The molecule has 0 N–H and O–H groups in total. The molecular weight excluding hydrogens is 731 g/mol. The molecule has 0 saturated carbocycles. The summed E-state index contributed by atoms with van der Waals surface area (Å²) in [5.74, 6) is 1.05. The van der Waals surface area contributed by atoms with Crippen LogP contribution in [0.25, 0.3) is 66.0 Å². The van der Waals surface area contributed by atoms with Gasteiger partial charge in [0.15, 0.2) is 0 Å². The first-order chi connectivity index (χ1) is 26.8. The number of aromatic nitrogens is 2. The van der Waals surface area contributed by atoms with Crippen LogP contribution in [-0.2, 0) is 5.41 Å². The minimum Gasteiger partial charge on any atom is -0.416 e. The van der Waals surface area contributed by atoms with Crippen LogP contribution in [0.2, 0.25) is 0 Å². The lowest BCUT2D eigenvalue weighted by Gasteiger charge is -2.25. The molecule has 0 fully saturated rings. The Morgan fingerprint density at radius 1 is 0.491 bits per heavy atom. The monoisotopic (exact) mass is 767 g/mol. The second kappa shape index (κ2) is 14.8. The number of anilines is 3. The lowest BCUT2D eigenvalue weighted by atomic mass is 9.87. The maximum Gasteiger partial charge on any atom is 0.248 e. The van der Waals surface area contributed by atoms with Gasteiger partial charge in [0, 0.05) is 47.3 Å². The molecule has 0 spiro atoms. The van der Waals surface area contributed by atoms with Crippen LogP contribution in [0.3, 0.4) is 0 Å². The highest BCUT2D eigenvalue weighted by Crippen LogP contribution is 2.44. The molecule has 0 aliphatic heterocycles. The molecule has 0 unspecified atom stereocenters. The number of hydrogen-bond acceptors (Lipinski definition) is 7. The molecule has 5 aromatic carbocycles. The summed E-state index contributed by atoms with van der Waals surface area (Å²) in [6, 6.07) is 51.0. The van der Waals surface area contributed by atoms with Gasteiger partial charge < -0.3 is 9.32 Å². The molecular formula is C48H37N3OS3. The number of fused-ring (bicyclic) bond motifs is 3. The fraction of sp³-hybridized carbons (Fsp3) is 0.0833. The average Bonchev–Trinajstić information content (AvgIpc) is 4.01. The van der Waals surface area contributed by atoms with Crippen LogP contribution in [0.15, 0.2) is 150 Å². The SMILES string of the molecule is CC(C)(C)c1ccc(-c2nnc(-c3ccc(C=Cc4cc5sc6cc(C=Cc7ccc(N(c8ccccc8)c8ccccc8)cc7)sc6c5s4)cc3)o2)cc1. The van der Waals surface area contributed by atoms with E-state index in [0.717, 1.165) is 33.8 Å². The molecule has 4 aromatic heterocycles. The number of para-hydroxylation sites is 2. The van der Waals surface area contributed by atoms with Crippen molar-refractivity contribution in [3.63, 3.8) is 0 Å². The molecule has 0 atom stereocenters. The van der Waals surface area contributed by atoms with E-state index in [4.69, 9.17) is 4.42 Å². The lowest BCUT2D eigenvalue weighted by molar-refractivity contribution is 0.582. The van der Waals surface area contributed by atoms with Gasteiger partial charge in [0.1, 0.15) is 0 Å². The number of nitrogens with zero attached hydrogens (tertiary/aromatic N) is 3. The zero-order valence-corrected chi connectivity index (χ0v) is 33.1. The molecule has 0 aliphatic rings. The van der Waals surface area contributed by atoms with Gasteiger partial charge in [0.05, 0.1) is 9.40 Å². The first-order valence-electron chi connectivity index (χ1n) is 18.2. The molecule has 268 valence electrons. The van der Waals surface area contributed by atoms with Crippen LogP contribution >= 0.6 is 34.0 Å². The second-order valence-corrected chi connectivity index (χ2v) is 17.7. The van der Waals surface area contributed by atoms with Gasteiger partial charge in [-0.1, -0.05) is 106 Å². The van der Waals surface area contributed by atoms with Gasteiger partial charge in [0.25, 0.3) is 0 Å². The zero-order valence-electron chi connectivity index (χ0n) is 30.6. The van der Waals surface area contributed by atoms with Crippen LogP contribution in [0.5, 0.6) is 0 Å². The van der Waals surface area contributed by atoms with Crippen molar-refractivity contribution in [1.29, 1.82) is 0 Å². The minimum atomic E-state index is 0.0966. The average molecular weight is 768 g/mol. The van der Waals surface area contributed by atoms with E-state index < -0.39 is 0 Å². The maximum atomic E-state index is 6.05. The van der Waals surface area contributed by atoms with Gasteiger partial charge in [-0.25, -0.2) is 0 Å². The molecule has 0 aliphatic carbocycles. The predicted molar refractivity (Wildman–Crippen MR) is 238 cm³/mol. The number of benzene rings is 5. The fourth-order valence-electron chi connectivity index (χ4n) is 6.53. The van der Waals surface area contributed by atoms with Crippen molar-refractivity contribution < 1.29 is 4.42 Å². The van der Waals surface area contributed by atoms with Crippen LogP contribution < -0.4 is 4.90 Å². The Bertz CT molecular complexity index is 2720. The summed E-state index contributed by atoms with van der Waals surface area (Å²) in [6.45, 7) is 6.62. The van der Waals surface area contributed by atoms with Crippen molar-refractivity contribution in [3.8, 4) is 22.9 Å². The number of hydrogen-bond donors (Lipinski definition) is 0. The van der Waals surface area contributed by atoms with Gasteiger partial charge in [-0.15, -0.1) is 44.2 Å². The fourth-order valence-corrected chi connectivity index (χ4v) is 10.4. The molecule has 0 saturated heterocycles. The van der Waals surface area contributed by atoms with Gasteiger partial charge in [0.2, 0.25) is 11.8 Å². The molecule has 9 aromatic rings. The van der Waals surface area contributed by atoms with Gasteiger partial charge in [-0.3, -0.25) is 0 Å². The Morgan fingerprint density at radius 2 is 0.927 bits per heavy atom. The Labute approximate surface area is 333 Å². The lowest BCUT2D eigenvalue weighted by Crippen LogP contribution is -2.10. The first-order valence-corrected chi connectivity index (χ1v) is 20.7. The molecule has 0 radical (unpaired) electrons. The van der Waals surface area contributed by atoms with Crippen molar-refractivity contribution in [1.82, 2.24) is 10.2 Å². The van der Waals surface area contributed by atoms with E-state index in [1.165, 1.54) is 39.7 Å². The highest BCUT2D eigenvalue weighted by atomic mass is 32.1. The Balaban J connectivity index is 0.868. The molecule has 4 nitrogen and oxygen atoms in total. The summed E-state index contributed by atoms with van der Waals surface area (Å²) >= 11 is 5.60. The third-order valence-electron chi connectivity index (χ3n) is 9.50. The van der Waals surface area contributed by atoms with E-state index in [9.17, 15) is 0 Å². The zero-order chi connectivity index (χ0) is 37.4. The van der Waals surface area contributed by atoms with Crippen molar-refractivity contribution >= 4 is 94.2 Å². The Morgan fingerprint density at radius 3 is 1.40 bits per heavy atom. The van der Waals surface area contributed by atoms with Gasteiger partial charge in [-0.2, -0.15) is 0 Å². The predicted octanol–water partition coefficient (Wildman–Crippen LogP) is 15.0. The summed E-state index contributed by atoms with van der Waals surface area (Å²) < 4.78 is 11.5. The van der Waals surface area contributed by atoms with Crippen LogP contribution in [-0.4, -0.2) is 10.2 Å².